The minimum atomic E-state index is -4.27. The first-order valence-corrected chi connectivity index (χ1v) is 16.9. The maximum atomic E-state index is 15.3. The van der Waals surface area contributed by atoms with Crippen LogP contribution in [0.4, 0.5) is 16.0 Å². The van der Waals surface area contributed by atoms with Crippen LogP contribution >= 0.6 is 27.3 Å². The van der Waals surface area contributed by atoms with Crippen LogP contribution in [0.3, 0.4) is 0 Å². The van der Waals surface area contributed by atoms with Gasteiger partial charge in [0.05, 0.1) is 25.9 Å². The molecule has 0 amide bonds. The molecule has 44 heavy (non-hydrogen) atoms. The molecule has 6 heterocycles. The van der Waals surface area contributed by atoms with Gasteiger partial charge in [-0.2, -0.15) is 0 Å². The first kappa shape index (κ1) is 31.2. The van der Waals surface area contributed by atoms with Gasteiger partial charge in [0.15, 0.2) is 29.2 Å². The fraction of sp³-hybridized carbons (Fsp3) is 0.524. The smallest absolute Gasteiger partial charge is 0.383 e. The number of aliphatic hydroxyl groups excluding tert-OH is 1. The minimum absolute atomic E-state index is 0.0825. The number of nitrogens with two attached hydrogens (primary N) is 2. The van der Waals surface area contributed by atoms with E-state index < -0.39 is 77.2 Å². The largest absolute Gasteiger partial charge is 0.386 e. The van der Waals surface area contributed by atoms with Crippen LogP contribution in [0.2, 0.25) is 0 Å². The van der Waals surface area contributed by atoms with Crippen LogP contribution in [0, 0.1) is 5.92 Å². The number of fused-ring (bicyclic) bond motifs is 2. The zero-order chi connectivity index (χ0) is 31.3. The third kappa shape index (κ3) is 5.92. The predicted molar refractivity (Wildman–Crippen MR) is 152 cm³/mol. The predicted octanol–water partition coefficient (Wildman–Crippen LogP) is 0.799. The first-order valence-electron chi connectivity index (χ1n) is 13.0. The molecule has 3 unspecified atom stereocenters. The summed E-state index contributed by atoms with van der Waals surface area (Å²) in [7, 11) is -3.44. The van der Waals surface area contributed by atoms with Crippen LogP contribution in [0.15, 0.2) is 25.3 Å². The maximum Gasteiger partial charge on any atom is 0.383 e. The normalized spacial score (nSPS) is 31.1. The summed E-state index contributed by atoms with van der Waals surface area (Å²) in [4.78, 5) is 33.8. The molecule has 10 atom stereocenters. The lowest BCUT2D eigenvalue weighted by Gasteiger charge is -2.21. The van der Waals surface area contributed by atoms with E-state index in [4.69, 9.17) is 34.5 Å². The molecule has 4 aromatic heterocycles. The molecule has 23 heteroatoms. The molecule has 6 rings (SSSR count). The van der Waals surface area contributed by atoms with Crippen molar-refractivity contribution in [3.63, 3.8) is 0 Å². The van der Waals surface area contributed by atoms with Crippen molar-refractivity contribution in [2.45, 2.75) is 50.0 Å². The summed E-state index contributed by atoms with van der Waals surface area (Å²) in [5.74, 6) is -0.434. The molecule has 0 aliphatic carbocycles. The van der Waals surface area contributed by atoms with Gasteiger partial charge in [-0.25, -0.2) is 38.9 Å². The number of nitrogens with zero attached hydrogens (tertiary/aromatic N) is 8. The van der Waals surface area contributed by atoms with Crippen LogP contribution in [0.25, 0.3) is 22.3 Å². The average Bonchev–Trinajstić information content (AvgIpc) is 3.73. The molecule has 2 saturated heterocycles. The fourth-order valence-corrected chi connectivity index (χ4v) is 6.55. The molecule has 19 nitrogen and oxygen atoms in total. The van der Waals surface area contributed by atoms with Crippen LogP contribution in [-0.2, 0) is 32.2 Å². The number of ether oxygens (including phenoxy) is 2. The Bertz CT molecular complexity index is 1740. The summed E-state index contributed by atoms with van der Waals surface area (Å²) in [6.45, 7) is -3.70. The Hall–Kier alpha value is -2.84. The second kappa shape index (κ2) is 12.2. The van der Waals surface area contributed by atoms with Crippen LogP contribution < -0.4 is 11.5 Å². The average molecular weight is 677 g/mol. The molecule has 0 aromatic carbocycles. The van der Waals surface area contributed by atoms with Crippen LogP contribution in [0.1, 0.15) is 19.4 Å². The highest BCUT2D eigenvalue weighted by atomic mass is 32.7. The van der Waals surface area contributed by atoms with E-state index in [-0.39, 0.29) is 22.8 Å². The number of halogens is 1. The SMILES string of the molecule is C[C@H]1[C@H](n2cnc3c(N)ncnc32)OC(CO[PH](=O)O[C@H]2[C@@H](O)[C@H](n3cnc4c(N)ncnc43)O[C@@H]2COP(=O)(O)S)[C@@H]1F. The topological polar surface area (TPSA) is 260 Å². The van der Waals surface area contributed by atoms with Gasteiger partial charge in [0.25, 0.3) is 0 Å². The number of aliphatic hydroxyl groups is 1. The molecule has 238 valence electrons. The number of hydrogen-bond acceptors (Lipinski definition) is 16. The Balaban J connectivity index is 1.14. The zero-order valence-corrected chi connectivity index (χ0v) is 25.4. The third-order valence-electron chi connectivity index (χ3n) is 7.26. The van der Waals surface area contributed by atoms with E-state index in [1.807, 2.05) is 0 Å². The van der Waals surface area contributed by atoms with E-state index in [2.05, 4.69) is 42.2 Å². The van der Waals surface area contributed by atoms with Gasteiger partial charge in [-0.3, -0.25) is 18.2 Å². The molecule has 2 fully saturated rings. The zero-order valence-electron chi connectivity index (χ0n) is 22.6. The van der Waals surface area contributed by atoms with Gasteiger partial charge in [-0.1, -0.05) is 19.2 Å². The first-order chi connectivity index (χ1) is 20.9. The van der Waals surface area contributed by atoms with Gasteiger partial charge in [0, 0.05) is 5.92 Å². The maximum absolute atomic E-state index is 15.3. The van der Waals surface area contributed by atoms with Crippen LogP contribution in [-0.4, -0.2) is 92.8 Å². The highest BCUT2D eigenvalue weighted by Gasteiger charge is 2.48. The summed E-state index contributed by atoms with van der Waals surface area (Å²) in [5, 5.41) is 11.1. The summed E-state index contributed by atoms with van der Waals surface area (Å²) < 4.78 is 70.2. The van der Waals surface area contributed by atoms with Crippen molar-refractivity contribution >= 4 is 61.3 Å². The van der Waals surface area contributed by atoms with Crippen molar-refractivity contribution < 1.29 is 46.6 Å². The molecule has 0 spiro atoms. The van der Waals surface area contributed by atoms with E-state index in [0.717, 1.165) is 0 Å². The van der Waals surface area contributed by atoms with Crippen molar-refractivity contribution in [1.29, 1.82) is 0 Å². The Kier molecular flexibility index (Phi) is 8.61. The summed E-state index contributed by atoms with van der Waals surface area (Å²) in [6, 6.07) is 0. The Labute approximate surface area is 252 Å². The van der Waals surface area contributed by atoms with Gasteiger partial charge in [0.2, 0.25) is 0 Å². The second-order valence-electron chi connectivity index (χ2n) is 10.0. The third-order valence-corrected chi connectivity index (χ3v) is 8.96. The number of hydrogen-bond donors (Lipinski definition) is 5. The summed E-state index contributed by atoms with van der Waals surface area (Å²) >= 11 is 3.48. The molecular formula is C21H27FN10O9P2S. The highest BCUT2D eigenvalue weighted by molar-refractivity contribution is 8.44. The molecule has 0 radical (unpaired) electrons. The van der Waals surface area contributed by atoms with Gasteiger partial charge in [-0.15, -0.1) is 0 Å². The van der Waals surface area contributed by atoms with Gasteiger partial charge >= 0.3 is 15.1 Å². The van der Waals surface area contributed by atoms with Gasteiger partial charge in [0.1, 0.15) is 60.5 Å². The summed E-state index contributed by atoms with van der Waals surface area (Å²) in [6.07, 6.45) is -3.74. The lowest BCUT2D eigenvalue weighted by Crippen LogP contribution is -2.35. The molecule has 2 aliphatic rings. The number of thiol groups is 1. The van der Waals surface area contributed by atoms with Crippen molar-refractivity contribution in [3.05, 3.63) is 25.3 Å². The van der Waals surface area contributed by atoms with E-state index in [1.165, 1.54) is 34.4 Å². The summed E-state index contributed by atoms with van der Waals surface area (Å²) in [5.41, 5.74) is 12.8. The van der Waals surface area contributed by atoms with Crippen molar-refractivity contribution in [2.24, 2.45) is 5.92 Å². The molecule has 0 saturated carbocycles. The second-order valence-corrected chi connectivity index (χ2v) is 13.8. The van der Waals surface area contributed by atoms with E-state index >= 15 is 4.39 Å². The lowest BCUT2D eigenvalue weighted by atomic mass is 10.0. The molecule has 2 aliphatic heterocycles. The van der Waals surface area contributed by atoms with Crippen molar-refractivity contribution in [3.8, 4) is 0 Å². The molecule has 6 N–H and O–H groups in total. The number of anilines is 2. The minimum Gasteiger partial charge on any atom is -0.386 e. The van der Waals surface area contributed by atoms with Crippen LogP contribution in [0.5, 0.6) is 0 Å². The Morgan fingerprint density at radius 3 is 2.16 bits per heavy atom. The number of rotatable bonds is 10. The monoisotopic (exact) mass is 676 g/mol. The van der Waals surface area contributed by atoms with Gasteiger partial charge in [-0.05, 0) is 0 Å². The number of aromatic nitrogens is 8. The quantitative estimate of drug-likeness (QED) is 0.115. The lowest BCUT2D eigenvalue weighted by molar-refractivity contribution is -0.0480. The van der Waals surface area contributed by atoms with Crippen molar-refractivity contribution in [1.82, 2.24) is 39.0 Å². The highest BCUT2D eigenvalue weighted by Crippen LogP contribution is 2.48. The molecular weight excluding hydrogens is 649 g/mol. The van der Waals surface area contributed by atoms with Crippen molar-refractivity contribution in [2.75, 3.05) is 24.7 Å². The molecule has 4 aromatic rings. The van der Waals surface area contributed by atoms with Gasteiger partial charge < -0.3 is 40.0 Å². The number of nitrogen functional groups attached to an aromatic ring is 2. The number of alkyl halides is 1. The Morgan fingerprint density at radius 2 is 1.57 bits per heavy atom. The standard InChI is InChI=1S/C21H27FN10O9P2S/c1-8-11(22)9(39-20(8)31-6-29-12-16(23)25-4-27-18(12)31)2-37-42(34)41-15-10(3-38-43(35,36)44)40-21(14(15)33)32-7-30-13-17(24)26-5-28-19(13)32/h4-11,14-15,20-21,33,42H,2-3H2,1H3,(H2,23,25,27)(H2,24,26,28)(H2,35,36,44)/t8-,9?,10-,11-,14-,15-,20-,21-/m1/s1. The van der Waals surface area contributed by atoms with E-state index in [0.29, 0.717) is 11.2 Å². The molecule has 0 bridgehead atoms. The van der Waals surface area contributed by atoms with E-state index in [1.54, 1.807) is 6.92 Å². The number of imidazole rings is 2. The fourth-order valence-electron chi connectivity index (χ4n) is 5.13. The van der Waals surface area contributed by atoms with E-state index in [9.17, 15) is 19.1 Å². The Morgan fingerprint density at radius 1 is 1.00 bits per heavy atom.